The van der Waals surface area contributed by atoms with E-state index in [0.717, 1.165) is 109 Å². The summed E-state index contributed by atoms with van der Waals surface area (Å²) in [5.74, 6) is 0. The molecule has 0 aliphatic heterocycles. The van der Waals surface area contributed by atoms with Crippen molar-refractivity contribution in [3.8, 4) is 0 Å². The van der Waals surface area contributed by atoms with Crippen LogP contribution in [0.15, 0.2) is 62.8 Å². The minimum Gasteiger partial charge on any atom is -0.397 e. The highest BCUT2D eigenvalue weighted by Gasteiger charge is 1.95. The number of aliphatic hydroxyl groups excluding tert-OH is 13. The van der Waals surface area contributed by atoms with Crippen LogP contribution < -0.4 is 0 Å². The highest BCUT2D eigenvalue weighted by atomic mass is 16.3. The predicted molar refractivity (Wildman–Crippen MR) is 396 cm³/mol. The van der Waals surface area contributed by atoms with Crippen molar-refractivity contribution >= 4 is 0 Å². The summed E-state index contributed by atoms with van der Waals surface area (Å²) in [6, 6.07) is 0. The molecule has 0 saturated carbocycles. The molecule has 0 rings (SSSR count). The zero-order chi connectivity index (χ0) is 71.2. The number of unbranched alkanes of at least 4 members (excludes halogenated alkanes) is 25. The smallest absolute Gasteiger partial charge is 0.0752 e. The van der Waals surface area contributed by atoms with Crippen molar-refractivity contribution in [2.75, 3.05) is 59.5 Å². The van der Waals surface area contributed by atoms with Crippen LogP contribution in [-0.2, 0) is 0 Å². The summed E-state index contributed by atoms with van der Waals surface area (Å²) in [6.45, 7) is 43.4. The van der Waals surface area contributed by atoms with E-state index >= 15 is 0 Å². The monoisotopic (exact) mass is 1290 g/mol. The quantitative estimate of drug-likeness (QED) is 0.0200. The van der Waals surface area contributed by atoms with E-state index in [1.54, 1.807) is 25.2 Å². The van der Waals surface area contributed by atoms with E-state index < -0.39 is 0 Å². The zero-order valence-electron chi connectivity index (χ0n) is 62.1. The average Bonchev–Trinajstić information content (AvgIpc) is 3.54. The van der Waals surface area contributed by atoms with Crippen LogP contribution in [-0.4, -0.2) is 150 Å². The third-order valence-corrected chi connectivity index (χ3v) is 11.7. The molecule has 0 spiro atoms. The van der Waals surface area contributed by atoms with Crippen LogP contribution in [0.5, 0.6) is 0 Å². The van der Waals surface area contributed by atoms with Crippen LogP contribution in [0.4, 0.5) is 0 Å². The third kappa shape index (κ3) is 233. The van der Waals surface area contributed by atoms with Crippen LogP contribution >= 0.6 is 0 Å². The molecular weight excluding hydrogens is 1120 g/mol. The van der Waals surface area contributed by atoms with Gasteiger partial charge in [-0.25, -0.2) is 0 Å². The lowest BCUT2D eigenvalue weighted by Gasteiger charge is -2.01. The van der Waals surface area contributed by atoms with Gasteiger partial charge in [-0.3, -0.25) is 0 Å². The number of rotatable bonds is 45. The summed E-state index contributed by atoms with van der Waals surface area (Å²) in [6.07, 6.45) is 55.0. The maximum absolute atomic E-state index is 8.97. The Morgan fingerprint density at radius 1 is 0.281 bits per heavy atom. The van der Waals surface area contributed by atoms with Crippen molar-refractivity contribution in [2.45, 2.75) is 371 Å². The highest BCUT2D eigenvalue weighted by Crippen LogP contribution is 2.08. The first-order chi connectivity index (χ1) is 42.9. The number of aliphatic hydroxyl groups is 13. The molecule has 4 atom stereocenters. The Labute approximate surface area is 557 Å². The molecule has 0 radical (unpaired) electrons. The highest BCUT2D eigenvalue weighted by molar-refractivity contribution is 4.89. The van der Waals surface area contributed by atoms with Crippen molar-refractivity contribution < 1.29 is 66.4 Å². The molecule has 0 aromatic rings. The van der Waals surface area contributed by atoms with Gasteiger partial charge in [0, 0.05) is 59.5 Å². The van der Waals surface area contributed by atoms with Crippen LogP contribution in [0.2, 0.25) is 0 Å². The molecule has 0 aliphatic rings. The van der Waals surface area contributed by atoms with E-state index in [-0.39, 0.29) is 37.6 Å². The molecule has 0 amide bonds. The first-order valence-electron chi connectivity index (χ1n) is 36.3. The van der Waals surface area contributed by atoms with Gasteiger partial charge in [-0.2, -0.15) is 0 Å². The van der Waals surface area contributed by atoms with Gasteiger partial charge in [0.25, 0.3) is 0 Å². The molecule has 0 bridgehead atoms. The van der Waals surface area contributed by atoms with E-state index in [9.17, 15) is 0 Å². The lowest BCUT2D eigenvalue weighted by Crippen LogP contribution is -1.99. The van der Waals surface area contributed by atoms with Gasteiger partial charge in [0.2, 0.25) is 0 Å². The molecule has 550 valence electrons. The largest absolute Gasteiger partial charge is 0.397 e. The van der Waals surface area contributed by atoms with Crippen molar-refractivity contribution in [3.05, 3.63) is 62.8 Å². The summed E-state index contributed by atoms with van der Waals surface area (Å²) in [4.78, 5) is 0. The lowest BCUT2D eigenvalue weighted by molar-refractivity contribution is 0.183. The molecule has 0 saturated heterocycles. The zero-order valence-corrected chi connectivity index (χ0v) is 62.1. The van der Waals surface area contributed by atoms with Crippen LogP contribution in [0, 0.1) is 0 Å². The van der Waals surface area contributed by atoms with Crippen LogP contribution in [0.25, 0.3) is 0 Å². The molecule has 0 aromatic carbocycles. The summed E-state index contributed by atoms with van der Waals surface area (Å²) < 4.78 is 0. The minimum atomic E-state index is -0.368. The summed E-state index contributed by atoms with van der Waals surface area (Å²) in [5.41, 5.74) is 0. The first-order valence-corrected chi connectivity index (χ1v) is 36.3. The average molecular weight is 1290 g/mol. The van der Waals surface area contributed by atoms with Gasteiger partial charge in [0.15, 0.2) is 0 Å². The van der Waals surface area contributed by atoms with Crippen molar-refractivity contribution in [3.63, 3.8) is 0 Å². The van der Waals surface area contributed by atoms with E-state index in [2.05, 4.69) is 88.6 Å². The molecular formula is C76H168O13. The molecule has 0 aliphatic carbocycles. The van der Waals surface area contributed by atoms with Gasteiger partial charge in [-0.15, -0.1) is 26.3 Å². The second kappa shape index (κ2) is 147. The molecule has 13 heteroatoms. The summed E-state index contributed by atoms with van der Waals surface area (Å²) >= 11 is 0. The Bertz CT molecular complexity index is 988. The molecule has 4 unspecified atom stereocenters. The van der Waals surface area contributed by atoms with Crippen molar-refractivity contribution in [1.82, 2.24) is 0 Å². The van der Waals surface area contributed by atoms with E-state index in [4.69, 9.17) is 66.4 Å². The van der Waals surface area contributed by atoms with Gasteiger partial charge >= 0.3 is 0 Å². The minimum absolute atomic E-state index is 0.102. The molecule has 13 N–H and O–H groups in total. The number of allylic oxidation sites excluding steroid dienone is 2. The van der Waals surface area contributed by atoms with Crippen LogP contribution in [0.1, 0.15) is 347 Å². The van der Waals surface area contributed by atoms with E-state index in [1.807, 2.05) is 32.9 Å². The van der Waals surface area contributed by atoms with Gasteiger partial charge < -0.3 is 66.4 Å². The van der Waals surface area contributed by atoms with Gasteiger partial charge in [0.1, 0.15) is 0 Å². The Morgan fingerprint density at radius 2 is 0.551 bits per heavy atom. The first kappa shape index (κ1) is 118. The van der Waals surface area contributed by atoms with Crippen LogP contribution in [0.3, 0.4) is 0 Å². The Morgan fingerprint density at radius 3 is 0.730 bits per heavy atom. The molecule has 13 nitrogen and oxygen atoms in total. The SMILES string of the molecule is C=CC(O)CC.C=CC(O)CC=CCC.C=CC(O)CCCCC.C=CCCCO.CCCC(C)O.CCCCCCCCCCO.CCCCCCCCO.CCCCCCCO.CCCCCCO.CCCCCO.CCCCO.CCCO.CCO. The Hall–Kier alpha value is -1.82. The molecule has 0 fully saturated rings. The molecule has 89 heavy (non-hydrogen) atoms. The summed E-state index contributed by atoms with van der Waals surface area (Å²) in [5, 5.41) is 108. The van der Waals surface area contributed by atoms with E-state index in [1.165, 1.54) is 147 Å². The maximum atomic E-state index is 8.97. The van der Waals surface area contributed by atoms with Crippen molar-refractivity contribution in [1.29, 1.82) is 0 Å². The van der Waals surface area contributed by atoms with Crippen molar-refractivity contribution in [2.24, 2.45) is 0 Å². The standard InChI is InChI=1S/C10H22O.C8H16O.C8H14O.C8H18O.C7H16O.C6H14O.C5H12O.C5H10O.C5H12O.C5H10O.C4H10O.C3H8O.C2H6O/c1-2-3-4-5-6-7-8-9-10-11;2*1-3-5-6-7-8(9)4-2;1-2-3-4-5-6-7-8-9;1-2-3-4-5-6-7-8;1-2-3-4-5-6-7;1-3-4-5(2)6;1-3-5(6)4-2;2*1-2-3-4-5-6;1-2-3-4-5;1-2-3-4;1-2-3/h11H,2-10H2,1H3;4,8-9H,2-3,5-7H2,1H3;4-6,8-9H,2-3,7H2,1H3;9H,2-8H2,1H3;8H,2-7H2,1H3;7H,2-6H2,1H3;5-6H,3-4H2,1-2H3;3,5-6H,1,4H2,2H3;6H,2-5H2,1H3;2,6H,1,3-5H2;5H,2-4H2,1H3;4H,2-3H2,1H3;3H,2H2,1H3. The normalized spacial score (nSPS) is 10.7. The fourth-order valence-corrected chi connectivity index (χ4v) is 5.95. The molecule has 0 aromatic heterocycles. The Balaban J connectivity index is -0.0000000646. The number of hydrogen-bond donors (Lipinski definition) is 13. The van der Waals surface area contributed by atoms with Gasteiger partial charge in [0.05, 0.1) is 24.4 Å². The number of hydrogen-bond acceptors (Lipinski definition) is 13. The predicted octanol–water partition coefficient (Wildman–Crippen LogP) is 18.4. The summed E-state index contributed by atoms with van der Waals surface area (Å²) in [7, 11) is 0. The lowest BCUT2D eigenvalue weighted by atomic mass is 10.1. The van der Waals surface area contributed by atoms with Gasteiger partial charge in [-0.05, 0) is 104 Å². The Kier molecular flexibility index (Phi) is 195. The maximum Gasteiger partial charge on any atom is 0.0752 e. The second-order valence-electron chi connectivity index (χ2n) is 21.4. The fraction of sp³-hybridized carbons (Fsp3) is 0.868. The fourth-order valence-electron chi connectivity index (χ4n) is 5.95. The molecule has 0 heterocycles. The second-order valence-corrected chi connectivity index (χ2v) is 21.4. The van der Waals surface area contributed by atoms with Gasteiger partial charge in [-0.1, -0.05) is 280 Å². The topological polar surface area (TPSA) is 263 Å². The van der Waals surface area contributed by atoms with E-state index in [0.29, 0.717) is 52.7 Å². The third-order valence-electron chi connectivity index (χ3n) is 11.7.